The van der Waals surface area contributed by atoms with E-state index in [0.717, 1.165) is 25.7 Å². The molecule has 0 heterocycles. The molecule has 5 nitrogen and oxygen atoms in total. The van der Waals surface area contributed by atoms with Crippen molar-refractivity contribution in [2.75, 3.05) is 13.2 Å². The monoisotopic (exact) mass is 333 g/mol. The molecule has 24 heavy (non-hydrogen) atoms. The van der Waals surface area contributed by atoms with Gasteiger partial charge in [-0.25, -0.2) is 4.79 Å². The first-order chi connectivity index (χ1) is 11.7. The van der Waals surface area contributed by atoms with E-state index in [4.69, 9.17) is 14.9 Å². The highest BCUT2D eigenvalue weighted by Gasteiger charge is 2.22. The lowest BCUT2D eigenvalue weighted by molar-refractivity contribution is 0.0500. The summed E-state index contributed by atoms with van der Waals surface area (Å²) >= 11 is 0. The maximum absolute atomic E-state index is 12.1. The molecule has 0 atom stereocenters. The zero-order chi connectivity index (χ0) is 17.6. The highest BCUT2D eigenvalue weighted by Crippen LogP contribution is 2.26. The van der Waals surface area contributed by atoms with Crippen LogP contribution in [-0.4, -0.2) is 19.2 Å². The lowest BCUT2D eigenvalue weighted by Gasteiger charge is -2.07. The van der Waals surface area contributed by atoms with E-state index in [-0.39, 0.29) is 11.3 Å². The third-order valence-electron chi connectivity index (χ3n) is 3.79. The number of carbonyl (C=O) groups excluding carboxylic acids is 1. The Balaban J connectivity index is 2.50. The smallest absolute Gasteiger partial charge is 0.399 e. The Morgan fingerprint density at radius 1 is 1.00 bits per heavy atom. The van der Waals surface area contributed by atoms with Gasteiger partial charge in [-0.05, 0) is 18.9 Å². The molecule has 0 saturated heterocycles. The van der Waals surface area contributed by atoms with Crippen molar-refractivity contribution >= 4 is 11.7 Å². The average Bonchev–Trinajstić information content (AvgIpc) is 2.61. The van der Waals surface area contributed by atoms with E-state index in [0.29, 0.717) is 19.0 Å². The predicted molar refractivity (Wildman–Crippen MR) is 95.2 cm³/mol. The molecule has 0 spiro atoms. The molecular weight excluding hydrogens is 304 g/mol. The predicted octanol–water partition coefficient (Wildman–Crippen LogP) is 5.87. The Bertz CT molecular complexity index is 538. The minimum absolute atomic E-state index is 0.198. The van der Waals surface area contributed by atoms with Gasteiger partial charge in [-0.1, -0.05) is 52.4 Å². The second-order valence-corrected chi connectivity index (χ2v) is 5.88. The quantitative estimate of drug-likeness (QED) is 0.273. The summed E-state index contributed by atoms with van der Waals surface area (Å²) in [5, 5.41) is 9.02. The molecule has 0 radical (unpaired) electrons. The van der Waals surface area contributed by atoms with Crippen LogP contribution in [-0.2, 0) is 4.74 Å². The second-order valence-electron chi connectivity index (χ2n) is 5.88. The summed E-state index contributed by atoms with van der Waals surface area (Å²) in [6.07, 6.45) is 8.94. The van der Waals surface area contributed by atoms with Gasteiger partial charge in [0.1, 0.15) is 5.75 Å². The summed E-state index contributed by atoms with van der Waals surface area (Å²) in [6, 6.07) is 4.85. The number of ether oxygens (including phenoxy) is 2. The molecule has 0 saturated carbocycles. The van der Waals surface area contributed by atoms with Gasteiger partial charge in [-0.15, -0.1) is 0 Å². The van der Waals surface area contributed by atoms with Crippen LogP contribution in [0.2, 0.25) is 0 Å². The number of hydrogen-bond acceptors (Lipinski definition) is 4. The summed E-state index contributed by atoms with van der Waals surface area (Å²) in [4.78, 5) is 15.2. The van der Waals surface area contributed by atoms with Crippen LogP contribution in [0.15, 0.2) is 18.2 Å². The Kier molecular flexibility index (Phi) is 10.3. The van der Waals surface area contributed by atoms with Gasteiger partial charge in [0.2, 0.25) is 5.39 Å². The van der Waals surface area contributed by atoms with Gasteiger partial charge < -0.3 is 9.47 Å². The maximum Gasteiger partial charge on any atom is 0.399 e. The van der Waals surface area contributed by atoms with E-state index >= 15 is 0 Å². The highest BCUT2D eigenvalue weighted by molar-refractivity contribution is 5.96. The molecule has 0 bridgehead atoms. The van der Waals surface area contributed by atoms with Crippen LogP contribution in [0.25, 0.3) is 4.98 Å². The third kappa shape index (κ3) is 7.45. The van der Waals surface area contributed by atoms with Gasteiger partial charge in [0.15, 0.2) is 10.5 Å². The number of esters is 1. The molecule has 5 heteroatoms. The van der Waals surface area contributed by atoms with Crippen LogP contribution in [0.1, 0.15) is 75.6 Å². The van der Waals surface area contributed by atoms with Crippen LogP contribution in [0.5, 0.6) is 5.75 Å². The molecule has 1 aromatic rings. The van der Waals surface area contributed by atoms with E-state index in [1.54, 1.807) is 18.2 Å². The van der Waals surface area contributed by atoms with Crippen LogP contribution < -0.4 is 4.74 Å². The Morgan fingerprint density at radius 2 is 1.71 bits per heavy atom. The van der Waals surface area contributed by atoms with Gasteiger partial charge in [0, 0.05) is 12.1 Å². The standard InChI is InChI=1S/C19H29N2O3/c1-3-5-7-8-9-10-14-23-16-11-12-18(21-20)17(15-16)19(22)24-13-6-4-2/h11-12,15H,3-10,13-14H2,1-2H3/q+1. The van der Waals surface area contributed by atoms with Crippen molar-refractivity contribution in [1.82, 2.24) is 0 Å². The van der Waals surface area contributed by atoms with Crippen molar-refractivity contribution in [2.45, 2.75) is 65.2 Å². The molecule has 0 N–H and O–H groups in total. The zero-order valence-electron chi connectivity index (χ0n) is 14.9. The van der Waals surface area contributed by atoms with Crippen molar-refractivity contribution in [3.05, 3.63) is 28.7 Å². The van der Waals surface area contributed by atoms with Gasteiger partial charge in [0.25, 0.3) is 0 Å². The number of nitrogens with zero attached hydrogens (tertiary/aromatic N) is 2. The second kappa shape index (κ2) is 12.3. The molecule has 0 aliphatic heterocycles. The number of carbonyl (C=O) groups is 1. The van der Waals surface area contributed by atoms with Crippen molar-refractivity contribution in [3.8, 4) is 5.75 Å². The van der Waals surface area contributed by atoms with Crippen LogP contribution >= 0.6 is 0 Å². The molecule has 0 amide bonds. The molecule has 0 aliphatic rings. The first-order valence-electron chi connectivity index (χ1n) is 9.02. The van der Waals surface area contributed by atoms with Crippen molar-refractivity contribution in [1.29, 1.82) is 5.39 Å². The number of benzene rings is 1. The molecular formula is C19H29N2O3+. The largest absolute Gasteiger partial charge is 0.494 e. The van der Waals surface area contributed by atoms with Crippen molar-refractivity contribution in [2.24, 2.45) is 0 Å². The van der Waals surface area contributed by atoms with E-state index in [2.05, 4.69) is 11.9 Å². The van der Waals surface area contributed by atoms with E-state index < -0.39 is 5.97 Å². The number of rotatable bonds is 12. The molecule has 0 unspecified atom stereocenters. The number of diazo groups is 1. The summed E-state index contributed by atoms with van der Waals surface area (Å²) in [5.41, 5.74) is 0.428. The lowest BCUT2D eigenvalue weighted by Crippen LogP contribution is -2.07. The molecule has 0 aromatic heterocycles. The van der Waals surface area contributed by atoms with Gasteiger partial charge in [-0.2, -0.15) is 0 Å². The van der Waals surface area contributed by atoms with Crippen molar-refractivity contribution in [3.63, 3.8) is 0 Å². The van der Waals surface area contributed by atoms with Gasteiger partial charge >= 0.3 is 11.7 Å². The minimum Gasteiger partial charge on any atom is -0.494 e. The molecule has 0 aliphatic carbocycles. The summed E-state index contributed by atoms with van der Waals surface area (Å²) in [7, 11) is 0. The SMILES string of the molecule is CCCCCCCCOc1ccc([N+]#N)c(C(=O)OCCCC)c1. The third-order valence-corrected chi connectivity index (χ3v) is 3.79. The fourth-order valence-corrected chi connectivity index (χ4v) is 2.32. The van der Waals surface area contributed by atoms with E-state index in [1.165, 1.54) is 25.7 Å². The van der Waals surface area contributed by atoms with E-state index in [1.807, 2.05) is 6.92 Å². The Hall–Kier alpha value is -2.09. The number of unbranched alkanes of at least 4 members (excludes halogenated alkanes) is 6. The zero-order valence-corrected chi connectivity index (χ0v) is 14.9. The highest BCUT2D eigenvalue weighted by atomic mass is 16.5. The molecule has 132 valence electrons. The van der Waals surface area contributed by atoms with Crippen LogP contribution in [0, 0.1) is 5.39 Å². The summed E-state index contributed by atoms with van der Waals surface area (Å²) in [6.45, 7) is 5.21. The Labute approximate surface area is 145 Å². The molecule has 1 rings (SSSR count). The minimum atomic E-state index is -0.485. The average molecular weight is 333 g/mol. The topological polar surface area (TPSA) is 63.7 Å². The Morgan fingerprint density at radius 3 is 2.42 bits per heavy atom. The first-order valence-corrected chi connectivity index (χ1v) is 9.02. The summed E-state index contributed by atoms with van der Waals surface area (Å²) in [5.74, 6) is 0.111. The molecule has 1 aromatic carbocycles. The van der Waals surface area contributed by atoms with Crippen molar-refractivity contribution < 1.29 is 14.3 Å². The van der Waals surface area contributed by atoms with Gasteiger partial charge in [0.05, 0.1) is 13.2 Å². The first kappa shape index (κ1) is 20.0. The fraction of sp³-hybridized carbons (Fsp3) is 0.632. The van der Waals surface area contributed by atoms with Gasteiger partial charge in [-0.3, -0.25) is 0 Å². The van der Waals surface area contributed by atoms with Crippen LogP contribution in [0.4, 0.5) is 5.69 Å². The fourth-order valence-electron chi connectivity index (χ4n) is 2.32. The van der Waals surface area contributed by atoms with E-state index in [9.17, 15) is 4.79 Å². The summed E-state index contributed by atoms with van der Waals surface area (Å²) < 4.78 is 10.9. The normalized spacial score (nSPS) is 10.2. The molecule has 0 fully saturated rings. The van der Waals surface area contributed by atoms with Crippen LogP contribution in [0.3, 0.4) is 0 Å². The lowest BCUT2D eigenvalue weighted by atomic mass is 10.1. The number of hydrogen-bond donors (Lipinski definition) is 0. The maximum atomic E-state index is 12.1.